The molecule has 5 aromatic carbocycles. The highest BCUT2D eigenvalue weighted by molar-refractivity contribution is 5.79. The Balaban J connectivity index is 1.51. The summed E-state index contributed by atoms with van der Waals surface area (Å²) in [4.78, 5) is 0. The molecule has 0 bridgehead atoms. The summed E-state index contributed by atoms with van der Waals surface area (Å²) >= 11 is 0. The Labute approximate surface area is 201 Å². The molecule has 5 aromatic rings. The molecule has 0 aromatic heterocycles. The van der Waals surface area contributed by atoms with Crippen LogP contribution in [-0.4, -0.2) is 0 Å². The molecule has 0 fully saturated rings. The first-order chi connectivity index (χ1) is 16.9. The van der Waals surface area contributed by atoms with Gasteiger partial charge >= 0.3 is 0 Å². The fraction of sp³-hybridized carbons (Fsp3) is 0.0588. The van der Waals surface area contributed by atoms with Crippen molar-refractivity contribution in [3.05, 3.63) is 155 Å². The quantitative estimate of drug-likeness (QED) is 0.280. The van der Waals surface area contributed by atoms with Crippen LogP contribution in [0.25, 0.3) is 33.4 Å². The molecule has 0 radical (unpaired) electrons. The summed E-state index contributed by atoms with van der Waals surface area (Å²) in [5, 5.41) is 2.72. The Hall–Kier alpha value is -4.16. The molecule has 162 valence electrons. The first-order valence-electron chi connectivity index (χ1n) is 12.0. The van der Waals surface area contributed by atoms with Crippen molar-refractivity contribution in [3.8, 4) is 22.3 Å². The van der Waals surface area contributed by atoms with Crippen LogP contribution in [0.15, 0.2) is 133 Å². The van der Waals surface area contributed by atoms with E-state index in [-0.39, 0.29) is 0 Å². The zero-order chi connectivity index (χ0) is 22.7. The van der Waals surface area contributed by atoms with Gasteiger partial charge in [0.15, 0.2) is 0 Å². The van der Waals surface area contributed by atoms with Crippen LogP contribution in [0, 0.1) is 0 Å². The monoisotopic (exact) mass is 434 g/mol. The number of rotatable bonds is 4. The average Bonchev–Trinajstić information content (AvgIpc) is 2.93. The second kappa shape index (κ2) is 9.00. The Bertz CT molecular complexity index is 1450. The maximum Gasteiger partial charge on any atom is -0.0143 e. The summed E-state index contributed by atoms with van der Waals surface area (Å²) in [6.07, 6.45) is 2.08. The second-order valence-corrected chi connectivity index (χ2v) is 8.90. The fourth-order valence-corrected chi connectivity index (χ4v) is 5.16. The Morgan fingerprint density at radius 1 is 0.294 bits per heavy atom. The smallest absolute Gasteiger partial charge is 0.0143 e. The van der Waals surface area contributed by atoms with E-state index in [1.54, 1.807) is 0 Å². The van der Waals surface area contributed by atoms with Crippen molar-refractivity contribution < 1.29 is 0 Å². The number of hydrogen-bond donors (Lipinski definition) is 0. The number of hydrogen-bond acceptors (Lipinski definition) is 0. The van der Waals surface area contributed by atoms with E-state index in [0.717, 1.165) is 12.8 Å². The minimum absolute atomic E-state index is 1.04. The van der Waals surface area contributed by atoms with Crippen LogP contribution in [0.5, 0.6) is 0 Å². The minimum Gasteiger partial charge on any atom is -0.0622 e. The van der Waals surface area contributed by atoms with Crippen molar-refractivity contribution in [1.82, 2.24) is 0 Å². The molecule has 1 aliphatic rings. The van der Waals surface area contributed by atoms with Crippen molar-refractivity contribution in [2.24, 2.45) is 0 Å². The maximum atomic E-state index is 2.35. The third-order valence-corrected chi connectivity index (χ3v) is 6.84. The van der Waals surface area contributed by atoms with Crippen LogP contribution >= 0.6 is 0 Å². The summed E-state index contributed by atoms with van der Waals surface area (Å²) in [6, 6.07) is 48.3. The topological polar surface area (TPSA) is 0 Å². The van der Waals surface area contributed by atoms with Crippen LogP contribution < -0.4 is 10.4 Å². The molecule has 6 rings (SSSR count). The molecule has 0 saturated carbocycles. The van der Waals surface area contributed by atoms with Crippen LogP contribution in [0.4, 0.5) is 0 Å². The summed E-state index contributed by atoms with van der Waals surface area (Å²) < 4.78 is 0. The SMILES string of the molecule is c1ccc(-c2cccc(C3=c4ccccc4=C(c4cccc(-c5ccccc5)c4)CC3)c2)cc1. The zero-order valence-electron chi connectivity index (χ0n) is 19.1. The van der Waals surface area contributed by atoms with E-state index in [2.05, 4.69) is 133 Å². The van der Waals surface area contributed by atoms with E-state index in [9.17, 15) is 0 Å². The van der Waals surface area contributed by atoms with E-state index in [1.807, 2.05) is 0 Å². The predicted octanol–water partition coefficient (Wildman–Crippen LogP) is 7.21. The highest BCUT2D eigenvalue weighted by Crippen LogP contribution is 2.30. The predicted molar refractivity (Wildman–Crippen MR) is 144 cm³/mol. The van der Waals surface area contributed by atoms with Gasteiger partial charge < -0.3 is 0 Å². The molecule has 1 aliphatic carbocycles. The van der Waals surface area contributed by atoms with Crippen LogP contribution in [0.3, 0.4) is 0 Å². The summed E-state index contributed by atoms with van der Waals surface area (Å²) in [7, 11) is 0. The van der Waals surface area contributed by atoms with Gasteiger partial charge in [0.1, 0.15) is 0 Å². The molecule has 0 aliphatic heterocycles. The molecular weight excluding hydrogens is 408 g/mol. The van der Waals surface area contributed by atoms with Crippen molar-refractivity contribution >= 4 is 11.1 Å². The Morgan fingerprint density at radius 2 is 0.647 bits per heavy atom. The lowest BCUT2D eigenvalue weighted by molar-refractivity contribution is 1.04. The van der Waals surface area contributed by atoms with Crippen molar-refractivity contribution in [2.45, 2.75) is 12.8 Å². The lowest BCUT2D eigenvalue weighted by Crippen LogP contribution is -2.32. The standard InChI is InChI=1S/C34H26/c1-3-11-25(12-4-1)27-15-9-17-29(23-27)31-21-22-32(34-20-8-7-19-33(31)34)30-18-10-16-28(24-30)26-13-5-2-6-14-26/h1-20,23-24H,21-22H2. The van der Waals surface area contributed by atoms with Gasteiger partial charge in [-0.25, -0.2) is 0 Å². The summed E-state index contributed by atoms with van der Waals surface area (Å²) in [6.45, 7) is 0. The molecule has 0 saturated heterocycles. The van der Waals surface area contributed by atoms with Gasteiger partial charge in [0.05, 0.1) is 0 Å². The lowest BCUT2D eigenvalue weighted by atomic mass is 9.85. The van der Waals surface area contributed by atoms with Crippen LogP contribution in [-0.2, 0) is 0 Å². The van der Waals surface area contributed by atoms with Crippen molar-refractivity contribution in [2.75, 3.05) is 0 Å². The molecule has 0 heterocycles. The minimum atomic E-state index is 1.04. The van der Waals surface area contributed by atoms with Gasteiger partial charge in [0.25, 0.3) is 0 Å². The maximum absolute atomic E-state index is 2.35. The van der Waals surface area contributed by atoms with Gasteiger partial charge in [-0.15, -0.1) is 0 Å². The van der Waals surface area contributed by atoms with E-state index < -0.39 is 0 Å². The average molecular weight is 435 g/mol. The molecule has 0 N–H and O–H groups in total. The van der Waals surface area contributed by atoms with E-state index >= 15 is 0 Å². The first kappa shape index (κ1) is 20.4. The highest BCUT2D eigenvalue weighted by atomic mass is 14.2. The van der Waals surface area contributed by atoms with Crippen molar-refractivity contribution in [3.63, 3.8) is 0 Å². The van der Waals surface area contributed by atoms with Gasteiger partial charge in [-0.2, -0.15) is 0 Å². The third kappa shape index (κ3) is 3.89. The van der Waals surface area contributed by atoms with Gasteiger partial charge in [-0.3, -0.25) is 0 Å². The fourth-order valence-electron chi connectivity index (χ4n) is 5.16. The molecule has 0 amide bonds. The van der Waals surface area contributed by atoms with Crippen LogP contribution in [0.1, 0.15) is 24.0 Å². The lowest BCUT2D eigenvalue weighted by Gasteiger charge is -2.19. The zero-order valence-corrected chi connectivity index (χ0v) is 19.1. The van der Waals surface area contributed by atoms with Crippen LogP contribution in [0.2, 0.25) is 0 Å². The molecular formula is C34H26. The molecule has 34 heavy (non-hydrogen) atoms. The van der Waals surface area contributed by atoms with Gasteiger partial charge in [-0.1, -0.05) is 121 Å². The van der Waals surface area contributed by atoms with Gasteiger partial charge in [-0.05, 0) is 79.9 Å². The van der Waals surface area contributed by atoms with E-state index in [1.165, 1.54) is 55.0 Å². The normalized spacial score (nSPS) is 12.9. The highest BCUT2D eigenvalue weighted by Gasteiger charge is 2.15. The number of fused-ring (bicyclic) bond motifs is 1. The number of benzene rings is 5. The molecule has 0 nitrogen and oxygen atoms in total. The Kier molecular flexibility index (Phi) is 5.41. The van der Waals surface area contributed by atoms with Gasteiger partial charge in [0, 0.05) is 0 Å². The second-order valence-electron chi connectivity index (χ2n) is 8.90. The summed E-state index contributed by atoms with van der Waals surface area (Å²) in [5.41, 5.74) is 10.6. The first-order valence-corrected chi connectivity index (χ1v) is 12.0. The molecule has 0 unspecified atom stereocenters. The Morgan fingerprint density at radius 3 is 1.09 bits per heavy atom. The largest absolute Gasteiger partial charge is 0.0622 e. The van der Waals surface area contributed by atoms with E-state index in [0.29, 0.717) is 0 Å². The summed E-state index contributed by atoms with van der Waals surface area (Å²) in [5.74, 6) is 0. The third-order valence-electron chi connectivity index (χ3n) is 6.84. The van der Waals surface area contributed by atoms with Gasteiger partial charge in [0.2, 0.25) is 0 Å². The molecule has 0 spiro atoms. The molecule has 0 atom stereocenters. The molecule has 0 heteroatoms. The van der Waals surface area contributed by atoms with E-state index in [4.69, 9.17) is 0 Å². The van der Waals surface area contributed by atoms with Crippen molar-refractivity contribution in [1.29, 1.82) is 0 Å².